The van der Waals surface area contributed by atoms with E-state index < -0.39 is 25.0 Å². The molecular weight excluding hydrogens is 340 g/mol. The summed E-state index contributed by atoms with van der Waals surface area (Å²) in [4.78, 5) is 26.1. The molecule has 9 heteroatoms. The third-order valence-electron chi connectivity index (χ3n) is 4.34. The van der Waals surface area contributed by atoms with Gasteiger partial charge in [-0.3, -0.25) is 9.59 Å². The highest BCUT2D eigenvalue weighted by molar-refractivity contribution is 6.43. The quantitative estimate of drug-likeness (QED) is 0.488. The van der Waals surface area contributed by atoms with Gasteiger partial charge in [-0.1, -0.05) is 13.8 Å². The maximum atomic E-state index is 13.0. The first-order valence-corrected chi connectivity index (χ1v) is 8.73. The second-order valence-corrected chi connectivity index (χ2v) is 6.91. The topological polar surface area (TPSA) is 102 Å². The second-order valence-electron chi connectivity index (χ2n) is 6.91. The van der Waals surface area contributed by atoms with E-state index in [1.165, 1.54) is 12.1 Å². The summed E-state index contributed by atoms with van der Waals surface area (Å²) in [6.45, 7) is 4.25. The standard InChI is InChI=1S/C17H25BFN3O4/c1-11(2)9-15(18(25)26)21-16(23)10-20-17(24)14-7-8-22(14)13-5-3-12(19)4-6-13/h3-6,11,14-15,25-26H,7-10H2,1-2H3,(H,20,24)(H,21,23)/t14-,15+/m0/s1. The van der Waals surface area contributed by atoms with Gasteiger partial charge in [0.2, 0.25) is 11.8 Å². The molecule has 1 aromatic rings. The highest BCUT2D eigenvalue weighted by atomic mass is 19.1. The molecule has 1 saturated heterocycles. The molecule has 1 aromatic carbocycles. The van der Waals surface area contributed by atoms with Gasteiger partial charge < -0.3 is 25.6 Å². The Morgan fingerprint density at radius 3 is 2.46 bits per heavy atom. The number of anilines is 1. The summed E-state index contributed by atoms with van der Waals surface area (Å²) in [7, 11) is -1.65. The van der Waals surface area contributed by atoms with Crippen LogP contribution >= 0.6 is 0 Å². The molecule has 4 N–H and O–H groups in total. The number of hydrogen-bond acceptors (Lipinski definition) is 5. The van der Waals surface area contributed by atoms with Crippen molar-refractivity contribution in [1.29, 1.82) is 0 Å². The first kappa shape index (κ1) is 20.2. The summed E-state index contributed by atoms with van der Waals surface area (Å²) in [5.74, 6) is -1.71. The summed E-state index contributed by atoms with van der Waals surface area (Å²) in [5, 5.41) is 23.7. The number of benzene rings is 1. The van der Waals surface area contributed by atoms with Gasteiger partial charge in [-0.2, -0.15) is 0 Å². The van der Waals surface area contributed by atoms with Crippen molar-refractivity contribution in [3.8, 4) is 0 Å². The fraction of sp³-hybridized carbons (Fsp3) is 0.529. The minimum atomic E-state index is -1.65. The fourth-order valence-electron chi connectivity index (χ4n) is 2.91. The molecule has 2 amide bonds. The number of hydrogen-bond donors (Lipinski definition) is 4. The molecule has 0 radical (unpaired) electrons. The zero-order valence-corrected chi connectivity index (χ0v) is 15.0. The van der Waals surface area contributed by atoms with Crippen LogP contribution in [0.5, 0.6) is 0 Å². The van der Waals surface area contributed by atoms with Crippen molar-refractivity contribution < 1.29 is 24.0 Å². The number of amides is 2. The molecule has 0 spiro atoms. The van der Waals surface area contributed by atoms with Crippen LogP contribution in [0.25, 0.3) is 0 Å². The Kier molecular flexibility index (Phi) is 6.99. The number of carbonyl (C=O) groups excluding carboxylic acids is 2. The van der Waals surface area contributed by atoms with Gasteiger partial charge in [0.1, 0.15) is 11.9 Å². The minimum Gasteiger partial charge on any atom is -0.426 e. The Bertz CT molecular complexity index is 627. The summed E-state index contributed by atoms with van der Waals surface area (Å²) < 4.78 is 13.0. The molecule has 0 saturated carbocycles. The number of nitrogens with zero attached hydrogens (tertiary/aromatic N) is 1. The molecule has 1 aliphatic heterocycles. The van der Waals surface area contributed by atoms with Crippen LogP contribution in [0.4, 0.5) is 10.1 Å². The molecular formula is C17H25BFN3O4. The van der Waals surface area contributed by atoms with Gasteiger partial charge in [-0.25, -0.2) is 4.39 Å². The molecule has 0 unspecified atom stereocenters. The van der Waals surface area contributed by atoms with Gasteiger partial charge in [-0.05, 0) is 43.0 Å². The van der Waals surface area contributed by atoms with Crippen molar-refractivity contribution in [2.75, 3.05) is 18.0 Å². The second kappa shape index (κ2) is 9.00. The van der Waals surface area contributed by atoms with Crippen LogP contribution in [0, 0.1) is 11.7 Å². The molecule has 26 heavy (non-hydrogen) atoms. The monoisotopic (exact) mass is 365 g/mol. The van der Waals surface area contributed by atoms with E-state index >= 15 is 0 Å². The van der Waals surface area contributed by atoms with Crippen molar-refractivity contribution in [2.45, 2.75) is 38.7 Å². The van der Waals surface area contributed by atoms with Gasteiger partial charge in [0.05, 0.1) is 12.5 Å². The van der Waals surface area contributed by atoms with E-state index in [0.717, 1.165) is 5.69 Å². The predicted molar refractivity (Wildman–Crippen MR) is 96.7 cm³/mol. The van der Waals surface area contributed by atoms with Crippen molar-refractivity contribution in [1.82, 2.24) is 10.6 Å². The summed E-state index contributed by atoms with van der Waals surface area (Å²) in [5.41, 5.74) is 0.752. The lowest BCUT2D eigenvalue weighted by atomic mass is 9.75. The molecule has 1 fully saturated rings. The van der Waals surface area contributed by atoms with Gasteiger partial charge in [0.15, 0.2) is 0 Å². The highest BCUT2D eigenvalue weighted by Crippen LogP contribution is 2.26. The van der Waals surface area contributed by atoms with Gasteiger partial charge in [-0.15, -0.1) is 0 Å². The summed E-state index contributed by atoms with van der Waals surface area (Å²) in [6.07, 6.45) is 1.06. The van der Waals surface area contributed by atoms with E-state index in [1.807, 2.05) is 18.7 Å². The smallest absolute Gasteiger partial charge is 0.426 e. The average molecular weight is 365 g/mol. The van der Waals surface area contributed by atoms with Gasteiger partial charge >= 0.3 is 7.12 Å². The number of rotatable bonds is 8. The van der Waals surface area contributed by atoms with Crippen LogP contribution in [-0.2, 0) is 9.59 Å². The van der Waals surface area contributed by atoms with E-state index in [9.17, 15) is 24.0 Å². The largest absolute Gasteiger partial charge is 0.475 e. The van der Waals surface area contributed by atoms with Crippen LogP contribution in [0.2, 0.25) is 0 Å². The predicted octanol–water partition coefficient (Wildman–Crippen LogP) is 0.0635. The summed E-state index contributed by atoms with van der Waals surface area (Å²) >= 11 is 0. The zero-order chi connectivity index (χ0) is 19.3. The Morgan fingerprint density at radius 2 is 1.96 bits per heavy atom. The molecule has 7 nitrogen and oxygen atoms in total. The van der Waals surface area contributed by atoms with Crippen molar-refractivity contribution in [3.05, 3.63) is 30.1 Å². The zero-order valence-electron chi connectivity index (χ0n) is 15.0. The normalized spacial score (nSPS) is 17.5. The third kappa shape index (κ3) is 5.44. The van der Waals surface area contributed by atoms with Crippen LogP contribution < -0.4 is 15.5 Å². The Hall–Kier alpha value is -2.13. The lowest BCUT2D eigenvalue weighted by molar-refractivity contribution is -0.127. The van der Waals surface area contributed by atoms with E-state index in [-0.39, 0.29) is 24.2 Å². The molecule has 1 heterocycles. The SMILES string of the molecule is CC(C)C[C@@H](NC(=O)CNC(=O)[C@@H]1CCN1c1ccc(F)cc1)B(O)O. The van der Waals surface area contributed by atoms with Crippen LogP contribution in [0.1, 0.15) is 26.7 Å². The minimum absolute atomic E-state index is 0.177. The van der Waals surface area contributed by atoms with E-state index in [4.69, 9.17) is 0 Å². The molecule has 0 aliphatic carbocycles. The number of nitrogens with one attached hydrogen (secondary N) is 2. The molecule has 2 rings (SSSR count). The maximum Gasteiger partial charge on any atom is 0.475 e. The Labute approximate surface area is 152 Å². The van der Waals surface area contributed by atoms with Gasteiger partial charge in [0, 0.05) is 12.2 Å². The fourth-order valence-corrected chi connectivity index (χ4v) is 2.91. The third-order valence-corrected chi connectivity index (χ3v) is 4.34. The number of halogens is 1. The maximum absolute atomic E-state index is 13.0. The van der Waals surface area contributed by atoms with E-state index in [1.54, 1.807) is 12.1 Å². The number of carbonyl (C=O) groups is 2. The van der Waals surface area contributed by atoms with Crippen LogP contribution in [0.15, 0.2) is 24.3 Å². The van der Waals surface area contributed by atoms with Crippen molar-refractivity contribution in [2.24, 2.45) is 5.92 Å². The summed E-state index contributed by atoms with van der Waals surface area (Å²) in [6, 6.07) is 5.50. The molecule has 2 atom stereocenters. The van der Waals surface area contributed by atoms with Crippen LogP contribution in [-0.4, -0.2) is 54.1 Å². The van der Waals surface area contributed by atoms with Crippen LogP contribution in [0.3, 0.4) is 0 Å². The highest BCUT2D eigenvalue weighted by Gasteiger charge is 2.34. The lowest BCUT2D eigenvalue weighted by Gasteiger charge is -2.41. The molecule has 142 valence electrons. The lowest BCUT2D eigenvalue weighted by Crippen LogP contribution is -2.58. The van der Waals surface area contributed by atoms with E-state index in [2.05, 4.69) is 10.6 Å². The first-order chi connectivity index (χ1) is 12.3. The average Bonchev–Trinajstić information content (AvgIpc) is 2.53. The molecule has 1 aliphatic rings. The Balaban J connectivity index is 1.82. The van der Waals surface area contributed by atoms with Gasteiger partial charge in [0.25, 0.3) is 0 Å². The molecule has 0 bridgehead atoms. The first-order valence-electron chi connectivity index (χ1n) is 8.73. The molecule has 0 aromatic heterocycles. The van der Waals surface area contributed by atoms with Crippen molar-refractivity contribution in [3.63, 3.8) is 0 Å². The Morgan fingerprint density at radius 1 is 1.31 bits per heavy atom. The van der Waals surface area contributed by atoms with E-state index in [0.29, 0.717) is 19.4 Å². The van der Waals surface area contributed by atoms with Crippen molar-refractivity contribution >= 4 is 24.6 Å².